The molecule has 0 N–H and O–H groups in total. The molecule has 0 saturated carbocycles. The number of amides is 1. The van der Waals surface area contributed by atoms with Crippen LogP contribution in [0.4, 0.5) is 5.69 Å². The van der Waals surface area contributed by atoms with Crippen LogP contribution in [0.1, 0.15) is 13.3 Å². The molecule has 1 heterocycles. The number of morpholine rings is 1. The first-order valence-electron chi connectivity index (χ1n) is 6.26. The molecule has 5 heteroatoms. The molecule has 1 aromatic carbocycles. The lowest BCUT2D eigenvalue weighted by atomic mass is 10.2. The van der Waals surface area contributed by atoms with E-state index in [2.05, 4.69) is 6.07 Å². The van der Waals surface area contributed by atoms with Gasteiger partial charge in [-0.15, -0.1) is 0 Å². The summed E-state index contributed by atoms with van der Waals surface area (Å²) in [7, 11) is 0. The quantitative estimate of drug-likeness (QED) is 0.827. The van der Waals surface area contributed by atoms with E-state index >= 15 is 0 Å². The molecule has 100 valence electrons. The molecule has 1 atom stereocenters. The van der Waals surface area contributed by atoms with Crippen LogP contribution < -0.4 is 9.64 Å². The summed E-state index contributed by atoms with van der Waals surface area (Å²) in [6.45, 7) is 2.98. The summed E-state index contributed by atoms with van der Waals surface area (Å²) in [4.78, 5) is 13.5. The van der Waals surface area contributed by atoms with Crippen molar-refractivity contribution < 1.29 is 14.3 Å². The molecule has 2 rings (SSSR count). The molecule has 1 amide bonds. The molecule has 0 aliphatic carbocycles. The lowest BCUT2D eigenvalue weighted by Gasteiger charge is -2.31. The molecule has 0 spiro atoms. The summed E-state index contributed by atoms with van der Waals surface area (Å²) < 4.78 is 10.7. The molecule has 0 bridgehead atoms. The van der Waals surface area contributed by atoms with Gasteiger partial charge < -0.3 is 14.4 Å². The number of hydrogen-bond acceptors (Lipinski definition) is 4. The Balaban J connectivity index is 2.10. The molecule has 1 saturated heterocycles. The van der Waals surface area contributed by atoms with Gasteiger partial charge in [-0.05, 0) is 31.2 Å². The van der Waals surface area contributed by atoms with E-state index in [-0.39, 0.29) is 18.6 Å². The van der Waals surface area contributed by atoms with Gasteiger partial charge in [0.2, 0.25) is 0 Å². The molecule has 0 aromatic heterocycles. The van der Waals surface area contributed by atoms with Crippen molar-refractivity contribution in [2.45, 2.75) is 19.4 Å². The van der Waals surface area contributed by atoms with E-state index in [1.54, 1.807) is 4.90 Å². The zero-order valence-corrected chi connectivity index (χ0v) is 10.8. The number of carbonyl (C=O) groups is 1. The molecule has 1 fully saturated rings. The summed E-state index contributed by atoms with van der Waals surface area (Å²) in [6, 6.07) is 9.43. The first-order valence-corrected chi connectivity index (χ1v) is 6.26. The minimum absolute atomic E-state index is 0.0273. The third-order valence-electron chi connectivity index (χ3n) is 2.91. The number of hydrogen-bond donors (Lipinski definition) is 0. The maximum absolute atomic E-state index is 11.8. The number of rotatable bonds is 4. The maximum atomic E-state index is 11.8. The molecule has 1 aliphatic rings. The Bertz CT molecular complexity index is 478. The molecule has 0 radical (unpaired) electrons. The normalized spacial score (nSPS) is 19.1. The zero-order valence-electron chi connectivity index (χ0n) is 10.8. The third-order valence-corrected chi connectivity index (χ3v) is 2.91. The Morgan fingerprint density at radius 3 is 2.84 bits per heavy atom. The summed E-state index contributed by atoms with van der Waals surface area (Å²) >= 11 is 0. The highest BCUT2D eigenvalue weighted by molar-refractivity contribution is 5.95. The second-order valence-electron chi connectivity index (χ2n) is 4.23. The number of benzene rings is 1. The van der Waals surface area contributed by atoms with Crippen molar-refractivity contribution >= 4 is 11.6 Å². The van der Waals surface area contributed by atoms with Gasteiger partial charge in [-0.1, -0.05) is 0 Å². The number of carbonyl (C=O) groups excluding carboxylic acids is 1. The Kier molecular flexibility index (Phi) is 4.37. The van der Waals surface area contributed by atoms with Gasteiger partial charge in [-0.2, -0.15) is 5.26 Å². The van der Waals surface area contributed by atoms with Gasteiger partial charge in [-0.25, -0.2) is 0 Å². The van der Waals surface area contributed by atoms with Gasteiger partial charge >= 0.3 is 0 Å². The van der Waals surface area contributed by atoms with Crippen LogP contribution in [0.25, 0.3) is 0 Å². The second kappa shape index (κ2) is 6.21. The van der Waals surface area contributed by atoms with E-state index in [1.807, 2.05) is 31.2 Å². The van der Waals surface area contributed by atoms with Gasteiger partial charge in [0.05, 0.1) is 31.7 Å². The van der Waals surface area contributed by atoms with E-state index in [0.29, 0.717) is 19.6 Å². The Morgan fingerprint density at radius 2 is 2.21 bits per heavy atom. The van der Waals surface area contributed by atoms with Crippen LogP contribution in [0.3, 0.4) is 0 Å². The predicted octanol–water partition coefficient (Wildman–Crippen LogP) is 1.73. The highest BCUT2D eigenvalue weighted by Gasteiger charge is 2.27. The van der Waals surface area contributed by atoms with Gasteiger partial charge in [0, 0.05) is 5.69 Å². The van der Waals surface area contributed by atoms with Crippen LogP contribution in [0, 0.1) is 11.3 Å². The molecular weight excluding hydrogens is 244 g/mol. The van der Waals surface area contributed by atoms with Gasteiger partial charge in [0.1, 0.15) is 12.4 Å². The van der Waals surface area contributed by atoms with Crippen LogP contribution >= 0.6 is 0 Å². The van der Waals surface area contributed by atoms with Crippen LogP contribution in [-0.2, 0) is 9.53 Å². The SMILES string of the molecule is CCOc1ccc(N2CC(CC#N)OCC2=O)cc1. The molecule has 5 nitrogen and oxygen atoms in total. The predicted molar refractivity (Wildman–Crippen MR) is 69.9 cm³/mol. The number of nitrogens with zero attached hydrogens (tertiary/aromatic N) is 2. The van der Waals surface area contributed by atoms with Gasteiger partial charge in [0.15, 0.2) is 0 Å². The maximum Gasteiger partial charge on any atom is 0.253 e. The monoisotopic (exact) mass is 260 g/mol. The first kappa shape index (κ1) is 13.4. The molecule has 1 aromatic rings. The largest absolute Gasteiger partial charge is 0.494 e. The van der Waals surface area contributed by atoms with Crippen molar-refractivity contribution in [1.82, 2.24) is 0 Å². The van der Waals surface area contributed by atoms with Crippen molar-refractivity contribution in [2.24, 2.45) is 0 Å². The Hall–Kier alpha value is -2.06. The van der Waals surface area contributed by atoms with Crippen molar-refractivity contribution in [2.75, 3.05) is 24.7 Å². The van der Waals surface area contributed by atoms with Crippen molar-refractivity contribution in [1.29, 1.82) is 5.26 Å². The van der Waals surface area contributed by atoms with Crippen molar-refractivity contribution in [3.05, 3.63) is 24.3 Å². The number of anilines is 1. The third kappa shape index (κ3) is 3.24. The second-order valence-corrected chi connectivity index (χ2v) is 4.23. The van der Waals surface area contributed by atoms with Crippen LogP contribution in [0.15, 0.2) is 24.3 Å². The van der Waals surface area contributed by atoms with Crippen LogP contribution in [-0.4, -0.2) is 31.8 Å². The summed E-state index contributed by atoms with van der Waals surface area (Å²) in [5, 5.41) is 8.69. The van der Waals surface area contributed by atoms with E-state index in [9.17, 15) is 4.79 Å². The lowest BCUT2D eigenvalue weighted by molar-refractivity contribution is -0.129. The summed E-state index contributed by atoms with van der Waals surface area (Å²) in [6.07, 6.45) is 0.0788. The number of nitriles is 1. The topological polar surface area (TPSA) is 62.6 Å². The molecular formula is C14H16N2O3. The fraction of sp³-hybridized carbons (Fsp3) is 0.429. The van der Waals surface area contributed by atoms with Gasteiger partial charge in [0.25, 0.3) is 5.91 Å². The first-order chi connectivity index (χ1) is 9.24. The van der Waals surface area contributed by atoms with Gasteiger partial charge in [-0.3, -0.25) is 4.79 Å². The molecule has 1 aliphatic heterocycles. The molecule has 19 heavy (non-hydrogen) atoms. The minimum atomic E-state index is -0.214. The number of ether oxygens (including phenoxy) is 2. The van der Waals surface area contributed by atoms with E-state index in [4.69, 9.17) is 14.7 Å². The average molecular weight is 260 g/mol. The Labute approximate surface area is 112 Å². The van der Waals surface area contributed by atoms with Crippen LogP contribution in [0.2, 0.25) is 0 Å². The summed E-state index contributed by atoms with van der Waals surface area (Å²) in [5.41, 5.74) is 0.805. The smallest absolute Gasteiger partial charge is 0.253 e. The zero-order chi connectivity index (χ0) is 13.7. The lowest BCUT2D eigenvalue weighted by Crippen LogP contribution is -2.46. The average Bonchev–Trinajstić information content (AvgIpc) is 2.43. The van der Waals surface area contributed by atoms with Crippen molar-refractivity contribution in [3.8, 4) is 11.8 Å². The van der Waals surface area contributed by atoms with E-state index < -0.39 is 0 Å². The molecule has 1 unspecified atom stereocenters. The highest BCUT2D eigenvalue weighted by atomic mass is 16.5. The fourth-order valence-corrected chi connectivity index (χ4v) is 1.99. The Morgan fingerprint density at radius 1 is 1.47 bits per heavy atom. The van der Waals surface area contributed by atoms with Crippen molar-refractivity contribution in [3.63, 3.8) is 0 Å². The van der Waals surface area contributed by atoms with Crippen LogP contribution in [0.5, 0.6) is 5.75 Å². The summed E-state index contributed by atoms with van der Waals surface area (Å²) in [5.74, 6) is 0.693. The van der Waals surface area contributed by atoms with E-state index in [1.165, 1.54) is 0 Å². The van der Waals surface area contributed by atoms with E-state index in [0.717, 1.165) is 11.4 Å². The minimum Gasteiger partial charge on any atom is -0.494 e. The highest BCUT2D eigenvalue weighted by Crippen LogP contribution is 2.22. The fourth-order valence-electron chi connectivity index (χ4n) is 1.99. The standard InChI is InChI=1S/C14H16N2O3/c1-2-18-12-5-3-11(4-6-12)16-9-13(7-8-15)19-10-14(16)17/h3-6,13H,2,7,9-10H2,1H3.